The average molecular weight is 256 g/mol. The van der Waals surface area contributed by atoms with Gasteiger partial charge in [0.05, 0.1) is 6.54 Å². The molecule has 1 N–H and O–H groups in total. The number of carbonyl (C=O) groups is 2. The predicted octanol–water partition coefficient (Wildman–Crippen LogP) is 1.50. The van der Waals surface area contributed by atoms with E-state index in [0.29, 0.717) is 17.7 Å². The first-order valence-corrected chi connectivity index (χ1v) is 6.43. The minimum atomic E-state index is -0.166. The molecular formula is C15H16N2O2. The van der Waals surface area contributed by atoms with Crippen molar-refractivity contribution in [3.05, 3.63) is 46.0 Å². The maximum Gasteiger partial charge on any atom is 0.257 e. The lowest BCUT2D eigenvalue weighted by Gasteiger charge is -2.15. The summed E-state index contributed by atoms with van der Waals surface area (Å²) >= 11 is 0. The smallest absolute Gasteiger partial charge is 0.257 e. The van der Waals surface area contributed by atoms with E-state index in [2.05, 4.69) is 17.4 Å². The van der Waals surface area contributed by atoms with Crippen molar-refractivity contribution in [2.75, 3.05) is 0 Å². The molecule has 4 nitrogen and oxygen atoms in total. The number of imide groups is 1. The number of nitrogens with zero attached hydrogens (tertiary/aromatic N) is 1. The topological polar surface area (TPSA) is 49.4 Å². The first-order valence-electron chi connectivity index (χ1n) is 6.43. The number of nitrogens with one attached hydrogen (secondary N) is 1. The van der Waals surface area contributed by atoms with Crippen molar-refractivity contribution in [3.8, 4) is 0 Å². The number of benzene rings is 1. The Morgan fingerprint density at radius 1 is 1.05 bits per heavy atom. The first kappa shape index (κ1) is 12.1. The van der Waals surface area contributed by atoms with Gasteiger partial charge in [0.25, 0.3) is 11.8 Å². The largest absolute Gasteiger partial charge is 0.309 e. The summed E-state index contributed by atoms with van der Waals surface area (Å²) in [6.07, 6.45) is 0. The molecule has 1 aromatic carbocycles. The van der Waals surface area contributed by atoms with Crippen LogP contribution in [0, 0.1) is 0 Å². The molecule has 98 valence electrons. The molecule has 0 atom stereocenters. The number of carbonyl (C=O) groups excluding carboxylic acids is 2. The number of hydrogen-bond donors (Lipinski definition) is 1. The molecule has 0 saturated carbocycles. The van der Waals surface area contributed by atoms with Crippen molar-refractivity contribution in [2.24, 2.45) is 0 Å². The molecule has 2 aliphatic rings. The van der Waals surface area contributed by atoms with Gasteiger partial charge in [0.2, 0.25) is 0 Å². The highest BCUT2D eigenvalue weighted by Crippen LogP contribution is 2.23. The van der Waals surface area contributed by atoms with E-state index in [4.69, 9.17) is 0 Å². The SMILES string of the molecule is CC1=C(C)C(=O)N(Cc2ccc3c(c2)CNC3)C1=O. The first-order chi connectivity index (χ1) is 9.08. The molecule has 0 aliphatic carbocycles. The summed E-state index contributed by atoms with van der Waals surface area (Å²) in [7, 11) is 0. The van der Waals surface area contributed by atoms with Crippen LogP contribution in [0.15, 0.2) is 29.3 Å². The lowest BCUT2D eigenvalue weighted by molar-refractivity contribution is -0.138. The van der Waals surface area contributed by atoms with Crippen LogP contribution in [0.1, 0.15) is 30.5 Å². The van der Waals surface area contributed by atoms with Crippen LogP contribution in [0.25, 0.3) is 0 Å². The molecule has 0 spiro atoms. The third-order valence-corrected chi connectivity index (χ3v) is 3.94. The van der Waals surface area contributed by atoms with Crippen LogP contribution in [0.2, 0.25) is 0 Å². The van der Waals surface area contributed by atoms with E-state index < -0.39 is 0 Å². The van der Waals surface area contributed by atoms with E-state index in [0.717, 1.165) is 18.7 Å². The number of fused-ring (bicyclic) bond motifs is 1. The summed E-state index contributed by atoms with van der Waals surface area (Å²) < 4.78 is 0. The zero-order chi connectivity index (χ0) is 13.6. The van der Waals surface area contributed by atoms with E-state index in [1.54, 1.807) is 13.8 Å². The Bertz CT molecular complexity index is 593. The predicted molar refractivity (Wildman–Crippen MR) is 70.9 cm³/mol. The van der Waals surface area contributed by atoms with Gasteiger partial charge >= 0.3 is 0 Å². The standard InChI is InChI=1S/C15H16N2O2/c1-9-10(2)15(19)17(14(9)18)8-11-3-4-12-6-16-7-13(12)5-11/h3-5,16H,6-8H2,1-2H3. The summed E-state index contributed by atoms with van der Waals surface area (Å²) in [5, 5.41) is 3.28. The van der Waals surface area contributed by atoms with Crippen molar-refractivity contribution < 1.29 is 9.59 Å². The molecule has 4 heteroatoms. The molecule has 2 heterocycles. The van der Waals surface area contributed by atoms with Crippen molar-refractivity contribution in [3.63, 3.8) is 0 Å². The Hall–Kier alpha value is -1.94. The summed E-state index contributed by atoms with van der Waals surface area (Å²) in [5.74, 6) is -0.331. The molecule has 2 aliphatic heterocycles. The Labute approximate surface area is 112 Å². The molecule has 0 unspecified atom stereocenters. The Morgan fingerprint density at radius 3 is 2.37 bits per heavy atom. The van der Waals surface area contributed by atoms with Crippen molar-refractivity contribution >= 4 is 11.8 Å². The maximum atomic E-state index is 12.0. The van der Waals surface area contributed by atoms with E-state index in [1.807, 2.05) is 6.07 Å². The minimum Gasteiger partial charge on any atom is -0.309 e. The Kier molecular flexibility index (Phi) is 2.75. The highest BCUT2D eigenvalue weighted by Gasteiger charge is 2.33. The zero-order valence-corrected chi connectivity index (χ0v) is 11.1. The molecule has 19 heavy (non-hydrogen) atoms. The van der Waals surface area contributed by atoms with Gasteiger partial charge in [0.1, 0.15) is 0 Å². The molecule has 3 rings (SSSR count). The minimum absolute atomic E-state index is 0.166. The van der Waals surface area contributed by atoms with E-state index in [9.17, 15) is 9.59 Å². The van der Waals surface area contributed by atoms with Gasteiger partial charge < -0.3 is 5.32 Å². The third kappa shape index (κ3) is 1.88. The van der Waals surface area contributed by atoms with Gasteiger partial charge in [-0.25, -0.2) is 0 Å². The van der Waals surface area contributed by atoms with Gasteiger partial charge in [0, 0.05) is 24.2 Å². The number of amides is 2. The average Bonchev–Trinajstić information content (AvgIpc) is 2.94. The van der Waals surface area contributed by atoms with Crippen LogP contribution in [-0.2, 0) is 29.2 Å². The second kappa shape index (κ2) is 4.31. The van der Waals surface area contributed by atoms with Crippen molar-refractivity contribution in [1.29, 1.82) is 0 Å². The fraction of sp³-hybridized carbons (Fsp3) is 0.333. The van der Waals surface area contributed by atoms with Gasteiger partial charge in [0.15, 0.2) is 0 Å². The fourth-order valence-electron chi connectivity index (χ4n) is 2.59. The second-order valence-corrected chi connectivity index (χ2v) is 5.15. The van der Waals surface area contributed by atoms with Crippen molar-refractivity contribution in [2.45, 2.75) is 33.5 Å². The molecule has 0 radical (unpaired) electrons. The summed E-state index contributed by atoms with van der Waals surface area (Å²) in [6.45, 7) is 5.54. The molecule has 0 fully saturated rings. The van der Waals surface area contributed by atoms with Crippen LogP contribution < -0.4 is 5.32 Å². The molecular weight excluding hydrogens is 240 g/mol. The van der Waals surface area contributed by atoms with Crippen LogP contribution in [0.5, 0.6) is 0 Å². The van der Waals surface area contributed by atoms with Crippen molar-refractivity contribution in [1.82, 2.24) is 10.2 Å². The maximum absolute atomic E-state index is 12.0. The van der Waals surface area contributed by atoms with Crippen LogP contribution in [0.4, 0.5) is 0 Å². The fourth-order valence-corrected chi connectivity index (χ4v) is 2.59. The van der Waals surface area contributed by atoms with Crippen LogP contribution in [-0.4, -0.2) is 16.7 Å². The lowest BCUT2D eigenvalue weighted by atomic mass is 10.1. The molecule has 1 aromatic rings. The van der Waals surface area contributed by atoms with Gasteiger partial charge in [-0.3, -0.25) is 14.5 Å². The molecule has 0 bridgehead atoms. The molecule has 0 saturated heterocycles. The third-order valence-electron chi connectivity index (χ3n) is 3.94. The van der Waals surface area contributed by atoms with Gasteiger partial charge in [-0.1, -0.05) is 18.2 Å². The van der Waals surface area contributed by atoms with Gasteiger partial charge in [-0.05, 0) is 30.5 Å². The van der Waals surface area contributed by atoms with E-state index in [-0.39, 0.29) is 11.8 Å². The summed E-state index contributed by atoms with van der Waals surface area (Å²) in [6, 6.07) is 6.15. The van der Waals surface area contributed by atoms with Crippen LogP contribution in [0.3, 0.4) is 0 Å². The van der Waals surface area contributed by atoms with Gasteiger partial charge in [-0.2, -0.15) is 0 Å². The highest BCUT2D eigenvalue weighted by molar-refractivity contribution is 6.18. The highest BCUT2D eigenvalue weighted by atomic mass is 16.2. The Morgan fingerprint density at radius 2 is 1.68 bits per heavy atom. The summed E-state index contributed by atoms with van der Waals surface area (Å²) in [5.41, 5.74) is 4.69. The quantitative estimate of drug-likeness (QED) is 0.816. The molecule has 0 aromatic heterocycles. The Balaban J connectivity index is 1.83. The number of rotatable bonds is 2. The van der Waals surface area contributed by atoms with E-state index in [1.165, 1.54) is 16.0 Å². The monoisotopic (exact) mass is 256 g/mol. The normalized spacial score (nSPS) is 18.5. The molecule has 2 amide bonds. The summed E-state index contributed by atoms with van der Waals surface area (Å²) in [4.78, 5) is 25.3. The van der Waals surface area contributed by atoms with Crippen LogP contribution >= 0.6 is 0 Å². The lowest BCUT2D eigenvalue weighted by Crippen LogP contribution is -2.30. The zero-order valence-electron chi connectivity index (χ0n) is 11.1. The van der Waals surface area contributed by atoms with E-state index >= 15 is 0 Å². The van der Waals surface area contributed by atoms with Gasteiger partial charge in [-0.15, -0.1) is 0 Å². The second-order valence-electron chi connectivity index (χ2n) is 5.15. The number of hydrogen-bond acceptors (Lipinski definition) is 3.